The molecular weight excluding hydrogens is 654 g/mol. The number of anilines is 1. The van der Waals surface area contributed by atoms with Crippen LogP contribution in [0.25, 0.3) is 0 Å². The van der Waals surface area contributed by atoms with Gasteiger partial charge < -0.3 is 15.0 Å². The fourth-order valence-corrected chi connectivity index (χ4v) is 6.57. The number of halogens is 1. The van der Waals surface area contributed by atoms with Crippen molar-refractivity contribution < 1.29 is 22.7 Å². The Labute approximate surface area is 274 Å². The number of nitrogens with one attached hydrogen (secondary N) is 1. The first-order valence-electron chi connectivity index (χ1n) is 14.5. The molecule has 45 heavy (non-hydrogen) atoms. The molecule has 0 bridgehead atoms. The highest BCUT2D eigenvalue weighted by Gasteiger charge is 2.36. The minimum Gasteiger partial charge on any atom is -0.495 e. The van der Waals surface area contributed by atoms with Gasteiger partial charge in [0.1, 0.15) is 18.3 Å². The molecule has 0 aliphatic carbocycles. The normalized spacial score (nSPS) is 12.2. The Morgan fingerprint density at radius 3 is 2.00 bits per heavy atom. The summed E-state index contributed by atoms with van der Waals surface area (Å²) in [6.45, 7) is 5.14. The quantitative estimate of drug-likeness (QED) is 0.191. The summed E-state index contributed by atoms with van der Waals surface area (Å²) in [6, 6.07) is 30.6. The van der Waals surface area contributed by atoms with Crippen LogP contribution in [0.1, 0.15) is 31.9 Å². The molecule has 0 saturated carbocycles. The molecule has 4 aromatic carbocycles. The van der Waals surface area contributed by atoms with Crippen molar-refractivity contribution in [3.8, 4) is 5.75 Å². The average Bonchev–Trinajstić information content (AvgIpc) is 3.02. The highest BCUT2D eigenvalue weighted by Crippen LogP contribution is 2.32. The first kappa shape index (κ1) is 33.7. The van der Waals surface area contributed by atoms with Crippen LogP contribution in [0.15, 0.2) is 119 Å². The second-order valence-electron chi connectivity index (χ2n) is 11.6. The van der Waals surface area contributed by atoms with Crippen LogP contribution in [0.3, 0.4) is 0 Å². The van der Waals surface area contributed by atoms with Gasteiger partial charge in [0.15, 0.2) is 0 Å². The van der Waals surface area contributed by atoms with Crippen LogP contribution in [0.2, 0.25) is 0 Å². The van der Waals surface area contributed by atoms with Gasteiger partial charge in [0.2, 0.25) is 11.8 Å². The maximum absolute atomic E-state index is 14.6. The van der Waals surface area contributed by atoms with Gasteiger partial charge in [-0.05, 0) is 68.3 Å². The van der Waals surface area contributed by atoms with Crippen LogP contribution in [-0.4, -0.2) is 50.4 Å². The molecule has 0 aromatic heterocycles. The molecule has 0 spiro atoms. The molecule has 1 N–H and O–H groups in total. The fourth-order valence-electron chi connectivity index (χ4n) is 4.86. The number of amides is 2. The second kappa shape index (κ2) is 14.8. The third-order valence-electron chi connectivity index (χ3n) is 7.00. The number of carbonyl (C=O) groups is 2. The van der Waals surface area contributed by atoms with Crippen molar-refractivity contribution in [1.29, 1.82) is 0 Å². The van der Waals surface area contributed by atoms with Crippen molar-refractivity contribution in [3.63, 3.8) is 0 Å². The molecule has 0 aliphatic heterocycles. The van der Waals surface area contributed by atoms with Crippen LogP contribution in [0.4, 0.5) is 5.69 Å². The summed E-state index contributed by atoms with van der Waals surface area (Å²) in [7, 11) is -2.78. The maximum Gasteiger partial charge on any atom is 0.264 e. The Hall–Kier alpha value is -4.15. The van der Waals surface area contributed by atoms with Gasteiger partial charge in [0.05, 0.1) is 17.7 Å². The minimum absolute atomic E-state index is 0.0227. The van der Waals surface area contributed by atoms with E-state index in [9.17, 15) is 18.0 Å². The van der Waals surface area contributed by atoms with E-state index in [-0.39, 0.29) is 35.2 Å². The van der Waals surface area contributed by atoms with Crippen LogP contribution in [-0.2, 0) is 32.6 Å². The molecule has 236 valence electrons. The van der Waals surface area contributed by atoms with Crippen molar-refractivity contribution in [2.75, 3.05) is 18.0 Å². The molecule has 4 aromatic rings. The molecule has 8 nitrogen and oxygen atoms in total. The summed E-state index contributed by atoms with van der Waals surface area (Å²) < 4.78 is 35.8. The van der Waals surface area contributed by atoms with E-state index in [2.05, 4.69) is 21.2 Å². The summed E-state index contributed by atoms with van der Waals surface area (Å²) in [5.41, 5.74) is 1.28. The Kier molecular flexibility index (Phi) is 11.1. The Balaban J connectivity index is 1.83. The molecule has 0 saturated heterocycles. The van der Waals surface area contributed by atoms with Crippen molar-refractivity contribution in [3.05, 3.63) is 125 Å². The molecule has 1 atom stereocenters. The Bertz CT molecular complexity index is 1690. The van der Waals surface area contributed by atoms with Crippen molar-refractivity contribution in [1.82, 2.24) is 10.2 Å². The van der Waals surface area contributed by atoms with Gasteiger partial charge in [-0.2, -0.15) is 0 Å². The summed E-state index contributed by atoms with van der Waals surface area (Å²) in [4.78, 5) is 30.0. The highest BCUT2D eigenvalue weighted by atomic mass is 79.9. The van der Waals surface area contributed by atoms with Gasteiger partial charge >= 0.3 is 0 Å². The lowest BCUT2D eigenvalue weighted by molar-refractivity contribution is -0.140. The van der Waals surface area contributed by atoms with Gasteiger partial charge in [-0.15, -0.1) is 0 Å². The van der Waals surface area contributed by atoms with Crippen LogP contribution < -0.4 is 14.4 Å². The van der Waals surface area contributed by atoms with Crippen LogP contribution >= 0.6 is 15.9 Å². The van der Waals surface area contributed by atoms with Gasteiger partial charge in [-0.3, -0.25) is 13.9 Å². The third kappa shape index (κ3) is 8.95. The van der Waals surface area contributed by atoms with E-state index in [1.165, 1.54) is 24.1 Å². The third-order valence-corrected chi connectivity index (χ3v) is 9.30. The van der Waals surface area contributed by atoms with Crippen molar-refractivity contribution in [2.45, 2.75) is 50.2 Å². The summed E-state index contributed by atoms with van der Waals surface area (Å²) in [5.74, 6) is -0.601. The SMILES string of the molecule is COc1ccccc1N(CC(=O)N(Cc1ccc(Br)cc1)[C@H](Cc1ccccc1)C(=O)NC(C)(C)C)S(=O)(=O)c1ccccc1. The number of hydrogen-bond donors (Lipinski definition) is 1. The molecule has 0 fully saturated rings. The monoisotopic (exact) mass is 691 g/mol. The van der Waals surface area contributed by atoms with Gasteiger partial charge in [0.25, 0.3) is 10.0 Å². The van der Waals surface area contributed by atoms with E-state index in [0.29, 0.717) is 0 Å². The number of rotatable bonds is 12. The van der Waals surface area contributed by atoms with Gasteiger partial charge in [0, 0.05) is 23.0 Å². The number of nitrogens with zero attached hydrogens (tertiary/aromatic N) is 2. The van der Waals surface area contributed by atoms with Crippen molar-refractivity contribution in [2.24, 2.45) is 0 Å². The molecule has 4 rings (SSSR count). The predicted octanol–water partition coefficient (Wildman–Crippen LogP) is 6.21. The van der Waals surface area contributed by atoms with E-state index in [4.69, 9.17) is 4.74 Å². The first-order chi connectivity index (χ1) is 21.4. The lowest BCUT2D eigenvalue weighted by atomic mass is 10.0. The fraction of sp³-hybridized carbons (Fsp3) is 0.257. The zero-order chi connectivity index (χ0) is 32.6. The topological polar surface area (TPSA) is 96.0 Å². The molecule has 10 heteroatoms. The molecule has 0 unspecified atom stereocenters. The molecular formula is C35H38BrN3O5S. The number of benzene rings is 4. The zero-order valence-electron chi connectivity index (χ0n) is 25.8. The number of sulfonamides is 1. The van der Waals surface area contributed by atoms with E-state index < -0.39 is 34.1 Å². The Morgan fingerprint density at radius 2 is 1.40 bits per heavy atom. The number of ether oxygens (including phenoxy) is 1. The number of hydrogen-bond acceptors (Lipinski definition) is 5. The highest BCUT2D eigenvalue weighted by molar-refractivity contribution is 9.10. The summed E-state index contributed by atoms with van der Waals surface area (Å²) in [6.07, 6.45) is 0.227. The average molecular weight is 693 g/mol. The van der Waals surface area contributed by atoms with E-state index in [0.717, 1.165) is 19.9 Å². The zero-order valence-corrected chi connectivity index (χ0v) is 28.2. The van der Waals surface area contributed by atoms with Crippen LogP contribution in [0, 0.1) is 0 Å². The van der Waals surface area contributed by atoms with Gasteiger partial charge in [-0.25, -0.2) is 8.42 Å². The molecule has 0 heterocycles. The van der Waals surface area contributed by atoms with Crippen molar-refractivity contribution >= 4 is 43.5 Å². The largest absolute Gasteiger partial charge is 0.495 e. The Morgan fingerprint density at radius 1 is 0.822 bits per heavy atom. The molecule has 0 radical (unpaired) electrons. The smallest absolute Gasteiger partial charge is 0.264 e. The van der Waals surface area contributed by atoms with E-state index in [1.54, 1.807) is 42.5 Å². The number of carbonyl (C=O) groups excluding carboxylic acids is 2. The summed E-state index contributed by atoms with van der Waals surface area (Å²) >= 11 is 3.46. The standard InChI is InChI=1S/C35H38BrN3O5S/c1-35(2,3)37-34(41)31(23-26-13-7-5-8-14-26)38(24-27-19-21-28(36)22-20-27)33(40)25-39(30-17-11-12-18-32(30)44-4)45(42,43)29-15-9-6-10-16-29/h5-22,31H,23-25H2,1-4H3,(H,37,41)/t31-/m1/s1. The lowest BCUT2D eigenvalue weighted by Crippen LogP contribution is -2.56. The van der Waals surface area contributed by atoms with Gasteiger partial charge in [-0.1, -0.05) is 88.7 Å². The maximum atomic E-state index is 14.6. The predicted molar refractivity (Wildman–Crippen MR) is 180 cm³/mol. The molecule has 0 aliphatic rings. The minimum atomic E-state index is -4.23. The van der Waals surface area contributed by atoms with Crippen LogP contribution in [0.5, 0.6) is 5.75 Å². The summed E-state index contributed by atoms with van der Waals surface area (Å²) in [5, 5.41) is 3.04. The lowest BCUT2D eigenvalue weighted by Gasteiger charge is -2.35. The number of methoxy groups -OCH3 is 1. The first-order valence-corrected chi connectivity index (χ1v) is 16.7. The van der Waals surface area contributed by atoms with E-state index in [1.807, 2.05) is 75.4 Å². The number of para-hydroxylation sites is 2. The molecule has 2 amide bonds. The van der Waals surface area contributed by atoms with E-state index >= 15 is 0 Å². The second-order valence-corrected chi connectivity index (χ2v) is 14.4.